The Balaban J connectivity index is 1.75. The zero-order valence-electron chi connectivity index (χ0n) is 15.5. The molecule has 0 aliphatic carbocycles. The van der Waals surface area contributed by atoms with E-state index in [1.54, 1.807) is 30.0 Å². The molecule has 1 saturated heterocycles. The largest absolute Gasteiger partial charge is 0.479 e. The molecule has 2 aliphatic heterocycles. The van der Waals surface area contributed by atoms with Gasteiger partial charge in [0.1, 0.15) is 12.4 Å². The molecule has 0 radical (unpaired) electrons. The van der Waals surface area contributed by atoms with Gasteiger partial charge in [0, 0.05) is 25.9 Å². The molecule has 142 valence electrons. The summed E-state index contributed by atoms with van der Waals surface area (Å²) in [5, 5.41) is 2.78. The van der Waals surface area contributed by atoms with Gasteiger partial charge in [-0.25, -0.2) is 0 Å². The van der Waals surface area contributed by atoms with Crippen molar-refractivity contribution in [3.05, 3.63) is 18.2 Å². The maximum absolute atomic E-state index is 12.7. The van der Waals surface area contributed by atoms with Crippen LogP contribution in [0.2, 0.25) is 0 Å². The Hall–Kier alpha value is -2.12. The number of methoxy groups -OCH3 is 1. The molecule has 0 saturated carbocycles. The molecular weight excluding hydrogens is 334 g/mol. The Morgan fingerprint density at radius 2 is 2.04 bits per heavy atom. The molecule has 2 amide bonds. The SMILES string of the molecule is COCC(=O)Nc1ccc2c(c1)N(CCN1CCCCC1)C(=O)C(C)O2. The molecule has 2 heterocycles. The van der Waals surface area contributed by atoms with Gasteiger partial charge in [-0.1, -0.05) is 6.42 Å². The molecule has 0 spiro atoms. The normalized spacial score (nSPS) is 20.5. The minimum atomic E-state index is -0.502. The van der Waals surface area contributed by atoms with Crippen molar-refractivity contribution in [3.63, 3.8) is 0 Å². The number of fused-ring (bicyclic) bond motifs is 1. The number of nitrogens with zero attached hydrogens (tertiary/aromatic N) is 2. The molecule has 3 rings (SSSR count). The van der Waals surface area contributed by atoms with E-state index in [-0.39, 0.29) is 18.4 Å². The third kappa shape index (κ3) is 4.34. The number of likely N-dealkylation sites (tertiary alicyclic amines) is 1. The predicted molar refractivity (Wildman–Crippen MR) is 99.7 cm³/mol. The maximum atomic E-state index is 12.7. The highest BCUT2D eigenvalue weighted by atomic mass is 16.5. The van der Waals surface area contributed by atoms with Crippen LogP contribution in [0.1, 0.15) is 26.2 Å². The summed E-state index contributed by atoms with van der Waals surface area (Å²) in [6.07, 6.45) is 3.23. The second-order valence-corrected chi connectivity index (χ2v) is 6.82. The Bertz CT molecular complexity index is 658. The summed E-state index contributed by atoms with van der Waals surface area (Å²) in [7, 11) is 1.47. The number of nitrogens with one attached hydrogen (secondary N) is 1. The summed E-state index contributed by atoms with van der Waals surface area (Å²) in [6.45, 7) is 5.41. The van der Waals surface area contributed by atoms with Crippen molar-refractivity contribution < 1.29 is 19.1 Å². The van der Waals surface area contributed by atoms with Crippen LogP contribution in [0.15, 0.2) is 18.2 Å². The zero-order chi connectivity index (χ0) is 18.5. The van der Waals surface area contributed by atoms with E-state index in [1.165, 1.54) is 26.4 Å². The molecule has 26 heavy (non-hydrogen) atoms. The van der Waals surface area contributed by atoms with Crippen LogP contribution in [0.4, 0.5) is 11.4 Å². The summed E-state index contributed by atoms with van der Waals surface area (Å²) in [4.78, 5) is 28.6. The van der Waals surface area contributed by atoms with Crippen molar-refractivity contribution in [1.82, 2.24) is 4.90 Å². The van der Waals surface area contributed by atoms with E-state index in [2.05, 4.69) is 10.2 Å². The molecule has 1 aromatic carbocycles. The van der Waals surface area contributed by atoms with Crippen molar-refractivity contribution in [2.45, 2.75) is 32.3 Å². The number of hydrogen-bond acceptors (Lipinski definition) is 5. The average Bonchev–Trinajstić information content (AvgIpc) is 2.63. The van der Waals surface area contributed by atoms with Crippen LogP contribution in [-0.4, -0.2) is 62.7 Å². The van der Waals surface area contributed by atoms with Gasteiger partial charge in [0.15, 0.2) is 6.10 Å². The lowest BCUT2D eigenvalue weighted by Gasteiger charge is -2.35. The topological polar surface area (TPSA) is 71.1 Å². The van der Waals surface area contributed by atoms with Crippen LogP contribution in [0, 0.1) is 0 Å². The molecular formula is C19H27N3O4. The van der Waals surface area contributed by atoms with Gasteiger partial charge in [-0.2, -0.15) is 0 Å². The highest BCUT2D eigenvalue weighted by molar-refractivity contribution is 6.01. The number of benzene rings is 1. The van der Waals surface area contributed by atoms with Crippen molar-refractivity contribution in [1.29, 1.82) is 0 Å². The molecule has 1 unspecified atom stereocenters. The van der Waals surface area contributed by atoms with Crippen LogP contribution in [0.5, 0.6) is 5.75 Å². The Morgan fingerprint density at radius 3 is 2.77 bits per heavy atom. The average molecular weight is 361 g/mol. The van der Waals surface area contributed by atoms with Gasteiger partial charge in [0.25, 0.3) is 5.91 Å². The van der Waals surface area contributed by atoms with E-state index in [0.29, 0.717) is 23.7 Å². The number of piperidine rings is 1. The number of carbonyl (C=O) groups excluding carboxylic acids is 2. The lowest BCUT2D eigenvalue weighted by molar-refractivity contribution is -0.125. The van der Waals surface area contributed by atoms with Gasteiger partial charge in [-0.15, -0.1) is 0 Å². The standard InChI is InChI=1S/C19H27N3O4/c1-14-19(24)22(11-10-21-8-4-3-5-9-21)16-12-15(6-7-17(16)26-14)20-18(23)13-25-2/h6-7,12,14H,3-5,8-11,13H2,1-2H3,(H,20,23). The van der Waals surface area contributed by atoms with Crippen molar-refractivity contribution >= 4 is 23.2 Å². The van der Waals surface area contributed by atoms with Crippen LogP contribution in [0.25, 0.3) is 0 Å². The number of rotatable bonds is 6. The molecule has 0 aromatic heterocycles. The molecule has 2 aliphatic rings. The minimum Gasteiger partial charge on any atom is -0.479 e. The van der Waals surface area contributed by atoms with Crippen molar-refractivity contribution in [3.8, 4) is 5.75 Å². The summed E-state index contributed by atoms with van der Waals surface area (Å²) >= 11 is 0. The fourth-order valence-electron chi connectivity index (χ4n) is 3.47. The second kappa shape index (κ2) is 8.51. The summed E-state index contributed by atoms with van der Waals surface area (Å²) in [5.41, 5.74) is 1.33. The molecule has 1 atom stereocenters. The van der Waals surface area contributed by atoms with E-state index in [0.717, 1.165) is 19.6 Å². The van der Waals surface area contributed by atoms with Crippen LogP contribution >= 0.6 is 0 Å². The Morgan fingerprint density at radius 1 is 1.27 bits per heavy atom. The first-order chi connectivity index (χ1) is 12.6. The third-order valence-corrected chi connectivity index (χ3v) is 4.81. The zero-order valence-corrected chi connectivity index (χ0v) is 15.5. The lowest BCUT2D eigenvalue weighted by atomic mass is 10.1. The number of amides is 2. The molecule has 7 heteroatoms. The van der Waals surface area contributed by atoms with Crippen LogP contribution in [0.3, 0.4) is 0 Å². The van der Waals surface area contributed by atoms with Crippen LogP contribution < -0.4 is 15.0 Å². The second-order valence-electron chi connectivity index (χ2n) is 6.82. The van der Waals surface area contributed by atoms with E-state index >= 15 is 0 Å². The quantitative estimate of drug-likeness (QED) is 0.838. The number of hydrogen-bond donors (Lipinski definition) is 1. The molecule has 1 fully saturated rings. The third-order valence-electron chi connectivity index (χ3n) is 4.81. The van der Waals surface area contributed by atoms with Crippen molar-refractivity contribution in [2.75, 3.05) is 50.1 Å². The fraction of sp³-hybridized carbons (Fsp3) is 0.579. The smallest absolute Gasteiger partial charge is 0.267 e. The Labute approximate surface area is 154 Å². The fourth-order valence-corrected chi connectivity index (χ4v) is 3.47. The molecule has 1 aromatic rings. The van der Waals surface area contributed by atoms with E-state index in [1.807, 2.05) is 0 Å². The summed E-state index contributed by atoms with van der Waals surface area (Å²) in [6, 6.07) is 5.37. The van der Waals surface area contributed by atoms with E-state index in [4.69, 9.17) is 9.47 Å². The number of carbonyl (C=O) groups is 2. The Kier molecular flexibility index (Phi) is 6.11. The van der Waals surface area contributed by atoms with E-state index < -0.39 is 6.10 Å². The van der Waals surface area contributed by atoms with Gasteiger partial charge < -0.3 is 24.6 Å². The monoisotopic (exact) mass is 361 g/mol. The molecule has 1 N–H and O–H groups in total. The number of ether oxygens (including phenoxy) is 2. The summed E-state index contributed by atoms with van der Waals surface area (Å²) < 4.78 is 10.6. The predicted octanol–water partition coefficient (Wildman–Crippen LogP) is 1.87. The first kappa shape index (κ1) is 18.7. The number of anilines is 2. The first-order valence-corrected chi connectivity index (χ1v) is 9.21. The van der Waals surface area contributed by atoms with E-state index in [9.17, 15) is 9.59 Å². The van der Waals surface area contributed by atoms with Crippen molar-refractivity contribution in [2.24, 2.45) is 0 Å². The highest BCUT2D eigenvalue weighted by Gasteiger charge is 2.32. The van der Waals surface area contributed by atoms with Crippen LogP contribution in [-0.2, 0) is 14.3 Å². The first-order valence-electron chi connectivity index (χ1n) is 9.21. The lowest BCUT2D eigenvalue weighted by Crippen LogP contribution is -2.48. The van der Waals surface area contributed by atoms with Gasteiger partial charge >= 0.3 is 0 Å². The van der Waals surface area contributed by atoms with Gasteiger partial charge in [0.2, 0.25) is 5.91 Å². The highest BCUT2D eigenvalue weighted by Crippen LogP contribution is 2.36. The molecule has 0 bridgehead atoms. The van der Waals surface area contributed by atoms with Gasteiger partial charge in [0.05, 0.1) is 5.69 Å². The van der Waals surface area contributed by atoms with Gasteiger partial charge in [-0.05, 0) is 51.1 Å². The minimum absolute atomic E-state index is 0.0117. The maximum Gasteiger partial charge on any atom is 0.267 e. The summed E-state index contributed by atoms with van der Waals surface area (Å²) in [5.74, 6) is 0.388. The van der Waals surface area contributed by atoms with Gasteiger partial charge in [-0.3, -0.25) is 9.59 Å². The molecule has 7 nitrogen and oxygen atoms in total.